The van der Waals surface area contributed by atoms with Crippen LogP contribution in [0.15, 0.2) is 11.6 Å². The fourth-order valence-electron chi connectivity index (χ4n) is 5.22. The van der Waals surface area contributed by atoms with Gasteiger partial charge in [-0.15, -0.1) is 0 Å². The highest BCUT2D eigenvalue weighted by molar-refractivity contribution is 5.78. The first-order valence-electron chi connectivity index (χ1n) is 8.08. The second-order valence-corrected chi connectivity index (χ2v) is 7.81. The summed E-state index contributed by atoms with van der Waals surface area (Å²) in [6, 6.07) is 0. The number of aliphatic hydroxyl groups excluding tert-OH is 1. The fraction of sp³-hybridized carbons (Fsp3) is 0.824. The molecule has 0 amide bonds. The van der Waals surface area contributed by atoms with Crippen LogP contribution in [0.25, 0.3) is 0 Å². The molecule has 124 valence electrons. The SMILES string of the molecule is CC1(C)CCC[C@@]2(C)[C@H]1[C@H](O)C=C(C=O)[C@]2(O)C1OCCO1. The summed E-state index contributed by atoms with van der Waals surface area (Å²) in [5.41, 5.74) is -2.14. The van der Waals surface area contributed by atoms with E-state index in [1.54, 1.807) is 0 Å². The molecule has 0 radical (unpaired) electrons. The van der Waals surface area contributed by atoms with Crippen molar-refractivity contribution in [3.8, 4) is 0 Å². The van der Waals surface area contributed by atoms with E-state index in [9.17, 15) is 15.0 Å². The molecule has 5 nitrogen and oxygen atoms in total. The van der Waals surface area contributed by atoms with Crippen LogP contribution in [0.5, 0.6) is 0 Å². The molecule has 5 heteroatoms. The second kappa shape index (κ2) is 5.13. The van der Waals surface area contributed by atoms with Gasteiger partial charge >= 0.3 is 0 Å². The summed E-state index contributed by atoms with van der Waals surface area (Å²) in [7, 11) is 0. The van der Waals surface area contributed by atoms with Crippen LogP contribution in [0.3, 0.4) is 0 Å². The summed E-state index contributed by atoms with van der Waals surface area (Å²) in [5, 5.41) is 22.2. The molecule has 22 heavy (non-hydrogen) atoms. The van der Waals surface area contributed by atoms with Gasteiger partial charge in [-0.3, -0.25) is 4.79 Å². The molecule has 1 saturated heterocycles. The zero-order chi connectivity index (χ0) is 16.2. The normalized spacial score (nSPS) is 45.2. The molecule has 1 saturated carbocycles. The molecule has 1 aliphatic heterocycles. The third kappa shape index (κ3) is 1.96. The van der Waals surface area contributed by atoms with Crippen LogP contribution in [0.4, 0.5) is 0 Å². The van der Waals surface area contributed by atoms with Crippen molar-refractivity contribution in [2.45, 2.75) is 58.0 Å². The summed E-state index contributed by atoms with van der Waals surface area (Å²) in [6.45, 7) is 7.02. The van der Waals surface area contributed by atoms with Crippen LogP contribution >= 0.6 is 0 Å². The van der Waals surface area contributed by atoms with Crippen molar-refractivity contribution in [3.05, 3.63) is 11.6 Å². The second-order valence-electron chi connectivity index (χ2n) is 7.81. The number of carbonyl (C=O) groups is 1. The van der Waals surface area contributed by atoms with Gasteiger partial charge < -0.3 is 19.7 Å². The Hall–Kier alpha value is -0.750. The molecule has 3 aliphatic rings. The molecule has 0 aromatic heterocycles. The summed E-state index contributed by atoms with van der Waals surface area (Å²) >= 11 is 0. The van der Waals surface area contributed by atoms with Crippen molar-refractivity contribution in [1.82, 2.24) is 0 Å². The smallest absolute Gasteiger partial charge is 0.191 e. The van der Waals surface area contributed by atoms with E-state index in [1.165, 1.54) is 6.08 Å². The van der Waals surface area contributed by atoms with Crippen LogP contribution in [0.2, 0.25) is 0 Å². The average molecular weight is 310 g/mol. The van der Waals surface area contributed by atoms with E-state index in [0.29, 0.717) is 19.5 Å². The maximum Gasteiger partial charge on any atom is 0.191 e. The summed E-state index contributed by atoms with van der Waals surface area (Å²) < 4.78 is 11.2. The Bertz CT molecular complexity index is 493. The zero-order valence-corrected chi connectivity index (χ0v) is 13.5. The first-order valence-corrected chi connectivity index (χ1v) is 8.08. The predicted molar refractivity (Wildman–Crippen MR) is 80.0 cm³/mol. The van der Waals surface area contributed by atoms with Crippen molar-refractivity contribution in [3.63, 3.8) is 0 Å². The van der Waals surface area contributed by atoms with Gasteiger partial charge in [-0.2, -0.15) is 0 Å². The van der Waals surface area contributed by atoms with E-state index in [2.05, 4.69) is 13.8 Å². The number of aliphatic hydroxyl groups is 2. The van der Waals surface area contributed by atoms with Gasteiger partial charge in [0, 0.05) is 16.9 Å². The maximum absolute atomic E-state index is 11.6. The van der Waals surface area contributed by atoms with Crippen molar-refractivity contribution in [1.29, 1.82) is 0 Å². The number of rotatable bonds is 2. The first kappa shape index (κ1) is 16.1. The van der Waals surface area contributed by atoms with E-state index in [-0.39, 0.29) is 16.9 Å². The molecule has 0 aromatic rings. The number of carbonyl (C=O) groups excluding carboxylic acids is 1. The molecule has 0 unspecified atom stereocenters. The van der Waals surface area contributed by atoms with E-state index in [1.807, 2.05) is 6.92 Å². The van der Waals surface area contributed by atoms with E-state index in [4.69, 9.17) is 9.47 Å². The van der Waals surface area contributed by atoms with Crippen molar-refractivity contribution < 1.29 is 24.5 Å². The Morgan fingerprint density at radius 3 is 2.45 bits per heavy atom. The Kier molecular flexibility index (Phi) is 3.76. The number of hydrogen-bond donors (Lipinski definition) is 2. The predicted octanol–water partition coefficient (Wildman–Crippen LogP) is 1.42. The first-order chi connectivity index (χ1) is 10.3. The number of fused-ring (bicyclic) bond motifs is 1. The van der Waals surface area contributed by atoms with Gasteiger partial charge in [0.2, 0.25) is 0 Å². The van der Waals surface area contributed by atoms with Crippen LogP contribution in [0, 0.1) is 16.7 Å². The number of aldehydes is 1. The lowest BCUT2D eigenvalue weighted by Gasteiger charge is -2.61. The van der Waals surface area contributed by atoms with Gasteiger partial charge in [0.15, 0.2) is 6.29 Å². The largest absolute Gasteiger partial charge is 0.389 e. The van der Waals surface area contributed by atoms with Gasteiger partial charge in [-0.1, -0.05) is 27.2 Å². The highest BCUT2D eigenvalue weighted by Gasteiger charge is 2.66. The third-order valence-electron chi connectivity index (χ3n) is 6.14. The highest BCUT2D eigenvalue weighted by Crippen LogP contribution is 2.62. The zero-order valence-electron chi connectivity index (χ0n) is 13.5. The lowest BCUT2D eigenvalue weighted by molar-refractivity contribution is -0.256. The molecule has 3 rings (SSSR count). The minimum atomic E-state index is -1.52. The molecule has 0 aromatic carbocycles. The summed E-state index contributed by atoms with van der Waals surface area (Å²) in [6.07, 6.45) is 3.18. The van der Waals surface area contributed by atoms with Gasteiger partial charge in [0.05, 0.1) is 19.3 Å². The molecular formula is C17H26O5. The van der Waals surface area contributed by atoms with E-state index >= 15 is 0 Å². The molecule has 1 heterocycles. The minimum Gasteiger partial charge on any atom is -0.389 e. The van der Waals surface area contributed by atoms with Crippen LogP contribution in [0.1, 0.15) is 40.0 Å². The summed E-state index contributed by atoms with van der Waals surface area (Å²) in [4.78, 5) is 11.6. The van der Waals surface area contributed by atoms with Gasteiger partial charge in [0.1, 0.15) is 11.9 Å². The van der Waals surface area contributed by atoms with Crippen LogP contribution < -0.4 is 0 Å². The Morgan fingerprint density at radius 1 is 1.23 bits per heavy atom. The van der Waals surface area contributed by atoms with Gasteiger partial charge in [0.25, 0.3) is 0 Å². The molecule has 2 aliphatic carbocycles. The third-order valence-corrected chi connectivity index (χ3v) is 6.14. The Labute approximate surface area is 131 Å². The standard InChI is InChI=1S/C17H26O5/c1-15(2)5-4-6-16(3)13(15)12(19)9-11(10-18)17(16,20)14-21-7-8-22-14/h9-10,12-14,19-20H,4-8H2,1-3H3/t12-,13+,16+,17+/m1/s1. The lowest BCUT2D eigenvalue weighted by atomic mass is 9.46. The number of hydrogen-bond acceptors (Lipinski definition) is 5. The van der Waals surface area contributed by atoms with E-state index < -0.39 is 23.4 Å². The van der Waals surface area contributed by atoms with E-state index in [0.717, 1.165) is 19.3 Å². The van der Waals surface area contributed by atoms with Gasteiger partial charge in [-0.05, 0) is 24.3 Å². The Balaban J connectivity index is 2.16. The summed E-state index contributed by atoms with van der Waals surface area (Å²) in [5.74, 6) is -0.157. The van der Waals surface area contributed by atoms with Gasteiger partial charge in [-0.25, -0.2) is 0 Å². The molecular weight excluding hydrogens is 284 g/mol. The van der Waals surface area contributed by atoms with Crippen molar-refractivity contribution in [2.75, 3.05) is 13.2 Å². The number of ether oxygens (including phenoxy) is 2. The molecule has 4 atom stereocenters. The minimum absolute atomic E-state index is 0.135. The highest BCUT2D eigenvalue weighted by atomic mass is 16.7. The Morgan fingerprint density at radius 2 is 1.86 bits per heavy atom. The maximum atomic E-state index is 11.6. The van der Waals surface area contributed by atoms with Crippen LogP contribution in [-0.4, -0.2) is 47.7 Å². The van der Waals surface area contributed by atoms with Crippen molar-refractivity contribution >= 4 is 6.29 Å². The van der Waals surface area contributed by atoms with Crippen molar-refractivity contribution in [2.24, 2.45) is 16.7 Å². The van der Waals surface area contributed by atoms with Crippen LogP contribution in [-0.2, 0) is 14.3 Å². The molecule has 2 N–H and O–H groups in total. The monoisotopic (exact) mass is 310 g/mol. The molecule has 2 fully saturated rings. The fourth-order valence-corrected chi connectivity index (χ4v) is 5.22. The molecule has 0 bridgehead atoms. The molecule has 0 spiro atoms. The lowest BCUT2D eigenvalue weighted by Crippen LogP contribution is -2.67. The topological polar surface area (TPSA) is 76.0 Å². The quantitative estimate of drug-likeness (QED) is 0.755. The average Bonchev–Trinajstić information content (AvgIpc) is 2.96.